The van der Waals surface area contributed by atoms with E-state index in [0.717, 1.165) is 5.75 Å². The zero-order valence-electron chi connectivity index (χ0n) is 15.7. The van der Waals surface area contributed by atoms with Crippen LogP contribution in [0.4, 0.5) is 0 Å². The molecule has 2 aromatic carbocycles. The zero-order valence-corrected chi connectivity index (χ0v) is 18.1. The maximum Gasteiger partial charge on any atom is 0.243 e. The van der Waals surface area contributed by atoms with Crippen LogP contribution in [0.25, 0.3) is 0 Å². The number of hydrogen-bond donors (Lipinski definition) is 0. The van der Waals surface area contributed by atoms with Gasteiger partial charge in [-0.1, -0.05) is 47.5 Å². The van der Waals surface area contributed by atoms with E-state index in [1.807, 2.05) is 6.92 Å². The van der Waals surface area contributed by atoms with Gasteiger partial charge in [0, 0.05) is 37.0 Å². The van der Waals surface area contributed by atoms with Gasteiger partial charge in [-0.2, -0.15) is 4.31 Å². The molecular formula is C20H23ClN2O3S2. The Labute approximate surface area is 175 Å². The third-order valence-corrected chi connectivity index (χ3v) is 7.76. The van der Waals surface area contributed by atoms with Crippen molar-refractivity contribution in [1.82, 2.24) is 9.21 Å². The smallest absolute Gasteiger partial charge is 0.243 e. The van der Waals surface area contributed by atoms with E-state index in [2.05, 4.69) is 24.3 Å². The van der Waals surface area contributed by atoms with Gasteiger partial charge in [-0.25, -0.2) is 8.42 Å². The summed E-state index contributed by atoms with van der Waals surface area (Å²) in [7, 11) is -3.58. The molecular weight excluding hydrogens is 416 g/mol. The van der Waals surface area contributed by atoms with Crippen molar-refractivity contribution in [2.45, 2.75) is 17.6 Å². The molecule has 2 aromatic rings. The minimum atomic E-state index is -3.58. The Morgan fingerprint density at radius 1 is 1.07 bits per heavy atom. The lowest BCUT2D eigenvalue weighted by Crippen LogP contribution is -2.50. The van der Waals surface area contributed by atoms with Crippen LogP contribution in [0.2, 0.25) is 5.02 Å². The second-order valence-electron chi connectivity index (χ2n) is 6.72. The highest BCUT2D eigenvalue weighted by molar-refractivity contribution is 7.99. The second-order valence-corrected chi connectivity index (χ2v) is 10.1. The average Bonchev–Trinajstić information content (AvgIpc) is 2.69. The van der Waals surface area contributed by atoms with Crippen molar-refractivity contribution in [3.8, 4) is 0 Å². The fourth-order valence-electron chi connectivity index (χ4n) is 2.99. The summed E-state index contributed by atoms with van der Waals surface area (Å²) in [6, 6.07) is 14.6. The number of benzene rings is 2. The van der Waals surface area contributed by atoms with E-state index < -0.39 is 10.0 Å². The van der Waals surface area contributed by atoms with Crippen LogP contribution in [0.1, 0.15) is 11.1 Å². The quantitative estimate of drug-likeness (QED) is 0.693. The fraction of sp³-hybridized carbons (Fsp3) is 0.350. The first-order valence-electron chi connectivity index (χ1n) is 9.03. The topological polar surface area (TPSA) is 57.7 Å². The first kappa shape index (κ1) is 21.2. The molecule has 3 rings (SSSR count). The highest BCUT2D eigenvalue weighted by Gasteiger charge is 2.30. The van der Waals surface area contributed by atoms with Crippen LogP contribution in [-0.2, 0) is 20.6 Å². The van der Waals surface area contributed by atoms with E-state index >= 15 is 0 Å². The summed E-state index contributed by atoms with van der Waals surface area (Å²) in [5.41, 5.74) is 2.41. The number of thioether (sulfide) groups is 1. The summed E-state index contributed by atoms with van der Waals surface area (Å²) in [5, 5.41) is 0.389. The van der Waals surface area contributed by atoms with Gasteiger partial charge in [-0.3, -0.25) is 4.79 Å². The highest BCUT2D eigenvalue weighted by Crippen LogP contribution is 2.21. The summed E-state index contributed by atoms with van der Waals surface area (Å²) in [4.78, 5) is 14.4. The van der Waals surface area contributed by atoms with Gasteiger partial charge in [0.2, 0.25) is 15.9 Å². The molecule has 0 N–H and O–H groups in total. The minimum Gasteiger partial charge on any atom is -0.339 e. The third-order valence-electron chi connectivity index (χ3n) is 4.64. The van der Waals surface area contributed by atoms with Crippen LogP contribution < -0.4 is 0 Å². The number of rotatable bonds is 6. The molecule has 0 atom stereocenters. The van der Waals surface area contributed by atoms with Gasteiger partial charge in [0.25, 0.3) is 0 Å². The SMILES string of the molecule is Cc1ccc(CSCC(=O)N2CCN(S(=O)(=O)c3cccc(Cl)c3)CC2)cc1. The van der Waals surface area contributed by atoms with Gasteiger partial charge in [0.1, 0.15) is 0 Å². The molecule has 28 heavy (non-hydrogen) atoms. The van der Waals surface area contributed by atoms with Crippen molar-refractivity contribution < 1.29 is 13.2 Å². The molecule has 1 aliphatic heterocycles. The van der Waals surface area contributed by atoms with Crippen LogP contribution >= 0.6 is 23.4 Å². The van der Waals surface area contributed by atoms with Crippen LogP contribution in [0.15, 0.2) is 53.4 Å². The summed E-state index contributed by atoms with van der Waals surface area (Å²) >= 11 is 7.50. The average molecular weight is 439 g/mol. The number of sulfonamides is 1. The lowest BCUT2D eigenvalue weighted by Gasteiger charge is -2.34. The summed E-state index contributed by atoms with van der Waals surface area (Å²) in [6.07, 6.45) is 0. The number of carbonyl (C=O) groups is 1. The standard InChI is InChI=1S/C20H23ClN2O3S2/c1-16-5-7-17(8-6-16)14-27-15-20(24)22-9-11-23(12-10-22)28(25,26)19-4-2-3-18(21)13-19/h2-8,13H,9-12,14-15H2,1H3. The first-order valence-corrected chi connectivity index (χ1v) is 12.0. The number of piperazine rings is 1. The summed E-state index contributed by atoms with van der Waals surface area (Å²) < 4.78 is 26.9. The number of hydrogen-bond acceptors (Lipinski definition) is 4. The summed E-state index contributed by atoms with van der Waals surface area (Å²) in [6.45, 7) is 3.45. The molecule has 0 bridgehead atoms. The predicted octanol–water partition coefficient (Wildman–Crippen LogP) is 3.41. The van der Waals surface area contributed by atoms with Crippen molar-refractivity contribution in [2.75, 3.05) is 31.9 Å². The first-order chi connectivity index (χ1) is 13.4. The Hall–Kier alpha value is -1.54. The Morgan fingerprint density at radius 3 is 2.39 bits per heavy atom. The van der Waals surface area contributed by atoms with Gasteiger partial charge >= 0.3 is 0 Å². The van der Waals surface area contributed by atoms with Gasteiger partial charge in [0.15, 0.2) is 0 Å². The molecule has 0 aromatic heterocycles. The molecule has 0 saturated carbocycles. The van der Waals surface area contributed by atoms with Crippen LogP contribution in [-0.4, -0.2) is 55.5 Å². The Morgan fingerprint density at radius 2 is 1.75 bits per heavy atom. The number of carbonyl (C=O) groups excluding carboxylic acids is 1. The van der Waals surface area contributed by atoms with Crippen molar-refractivity contribution >= 4 is 39.3 Å². The third kappa shape index (κ3) is 5.29. The van der Waals surface area contributed by atoms with Gasteiger partial charge in [-0.15, -0.1) is 11.8 Å². The largest absolute Gasteiger partial charge is 0.339 e. The second kappa shape index (κ2) is 9.31. The molecule has 1 saturated heterocycles. The Bertz CT molecular complexity index is 925. The molecule has 8 heteroatoms. The minimum absolute atomic E-state index is 0.0527. The lowest BCUT2D eigenvalue weighted by atomic mass is 10.2. The predicted molar refractivity (Wildman–Crippen MR) is 114 cm³/mol. The fourth-order valence-corrected chi connectivity index (χ4v) is 5.60. The monoisotopic (exact) mass is 438 g/mol. The number of aryl methyl sites for hydroxylation is 1. The van der Waals surface area contributed by atoms with Crippen LogP contribution in [0.5, 0.6) is 0 Å². The number of nitrogens with zero attached hydrogens (tertiary/aromatic N) is 2. The molecule has 1 amide bonds. The van der Waals surface area contributed by atoms with Crippen molar-refractivity contribution in [3.63, 3.8) is 0 Å². The molecule has 0 radical (unpaired) electrons. The van der Waals surface area contributed by atoms with Crippen LogP contribution in [0, 0.1) is 6.92 Å². The van der Waals surface area contributed by atoms with Gasteiger partial charge in [0.05, 0.1) is 10.6 Å². The van der Waals surface area contributed by atoms with E-state index in [9.17, 15) is 13.2 Å². The summed E-state index contributed by atoms with van der Waals surface area (Å²) in [5.74, 6) is 1.24. The molecule has 5 nitrogen and oxygen atoms in total. The molecule has 1 fully saturated rings. The van der Waals surface area contributed by atoms with E-state index in [4.69, 9.17) is 11.6 Å². The normalized spacial score (nSPS) is 15.6. The molecule has 1 heterocycles. The van der Waals surface area contributed by atoms with Crippen LogP contribution in [0.3, 0.4) is 0 Å². The van der Waals surface area contributed by atoms with Gasteiger partial charge < -0.3 is 4.90 Å². The van der Waals surface area contributed by atoms with Crippen molar-refractivity contribution in [1.29, 1.82) is 0 Å². The van der Waals surface area contributed by atoms with Crippen molar-refractivity contribution in [3.05, 3.63) is 64.7 Å². The highest BCUT2D eigenvalue weighted by atomic mass is 35.5. The van der Waals surface area contributed by atoms with E-state index in [1.165, 1.54) is 21.5 Å². The zero-order chi connectivity index (χ0) is 20.1. The number of amides is 1. The lowest BCUT2D eigenvalue weighted by molar-refractivity contribution is -0.129. The van der Waals surface area contributed by atoms with E-state index in [-0.39, 0.29) is 10.8 Å². The number of halogens is 1. The van der Waals surface area contributed by atoms with E-state index in [1.54, 1.807) is 34.9 Å². The molecule has 0 aliphatic carbocycles. The molecule has 0 unspecified atom stereocenters. The Kier molecular flexibility index (Phi) is 7.04. The van der Waals surface area contributed by atoms with Gasteiger partial charge in [-0.05, 0) is 30.7 Å². The van der Waals surface area contributed by atoms with Crippen molar-refractivity contribution in [2.24, 2.45) is 0 Å². The molecule has 0 spiro atoms. The molecule has 150 valence electrons. The Balaban J connectivity index is 1.49. The van der Waals surface area contributed by atoms with E-state index in [0.29, 0.717) is 37.0 Å². The molecule has 1 aliphatic rings. The maximum atomic E-state index is 12.7. The maximum absolute atomic E-state index is 12.7.